The van der Waals surface area contributed by atoms with Gasteiger partial charge in [0.15, 0.2) is 0 Å². The Kier molecular flexibility index (Phi) is 7.08. The summed E-state index contributed by atoms with van der Waals surface area (Å²) in [5.74, 6) is -0.808. The zero-order valence-electron chi connectivity index (χ0n) is 12.6. The van der Waals surface area contributed by atoms with E-state index < -0.39 is 5.97 Å². The van der Waals surface area contributed by atoms with Gasteiger partial charge in [-0.2, -0.15) is 0 Å². The van der Waals surface area contributed by atoms with Crippen molar-refractivity contribution in [2.75, 3.05) is 18.9 Å². The van der Waals surface area contributed by atoms with E-state index >= 15 is 0 Å². The molecule has 0 fully saturated rings. The third-order valence-electron chi connectivity index (χ3n) is 2.94. The van der Waals surface area contributed by atoms with Gasteiger partial charge in [0.1, 0.15) is 19.0 Å². The van der Waals surface area contributed by atoms with Gasteiger partial charge in [-0.15, -0.1) is 11.8 Å². The second kappa shape index (κ2) is 9.30. The summed E-state index contributed by atoms with van der Waals surface area (Å²) in [4.78, 5) is 23.9. The lowest BCUT2D eigenvalue weighted by Gasteiger charge is -2.07. The van der Waals surface area contributed by atoms with Crippen LogP contribution in [0, 0.1) is 5.82 Å². The number of nitrogens with one attached hydrogen (secondary N) is 1. The van der Waals surface area contributed by atoms with Crippen LogP contribution in [0.4, 0.5) is 4.39 Å². The van der Waals surface area contributed by atoms with Gasteiger partial charge in [0.05, 0.1) is 0 Å². The van der Waals surface area contributed by atoms with Gasteiger partial charge >= 0.3 is 5.97 Å². The van der Waals surface area contributed by atoms with Gasteiger partial charge in [-0.25, -0.2) is 4.39 Å². The summed E-state index contributed by atoms with van der Waals surface area (Å²) >= 11 is 7.00. The first-order valence-electron chi connectivity index (χ1n) is 7.13. The zero-order chi connectivity index (χ0) is 17.4. The molecule has 2 rings (SSSR count). The fraction of sp³-hybridized carbons (Fsp3) is 0.176. The quantitative estimate of drug-likeness (QED) is 0.462. The summed E-state index contributed by atoms with van der Waals surface area (Å²) in [5, 5.41) is 2.99. The number of halogens is 2. The highest BCUT2D eigenvalue weighted by Crippen LogP contribution is 2.20. The number of hydrogen-bond acceptors (Lipinski definition) is 4. The van der Waals surface area contributed by atoms with Gasteiger partial charge in [0.2, 0.25) is 0 Å². The molecule has 0 atom stereocenters. The van der Waals surface area contributed by atoms with E-state index in [0.29, 0.717) is 21.2 Å². The van der Waals surface area contributed by atoms with Crippen LogP contribution in [-0.2, 0) is 9.53 Å². The highest BCUT2D eigenvalue weighted by atomic mass is 35.5. The Morgan fingerprint density at radius 2 is 1.83 bits per heavy atom. The average Bonchev–Trinajstić information content (AvgIpc) is 2.58. The number of amides is 1. The molecule has 0 bridgehead atoms. The van der Waals surface area contributed by atoms with E-state index in [1.807, 2.05) is 0 Å². The molecule has 0 saturated carbocycles. The van der Waals surface area contributed by atoms with Crippen LogP contribution in [0.1, 0.15) is 10.4 Å². The van der Waals surface area contributed by atoms with Gasteiger partial charge in [0, 0.05) is 21.2 Å². The predicted molar refractivity (Wildman–Crippen MR) is 91.9 cm³/mol. The van der Waals surface area contributed by atoms with Gasteiger partial charge < -0.3 is 10.1 Å². The largest absolute Gasteiger partial charge is 0.463 e. The molecule has 2 aromatic carbocycles. The number of esters is 1. The maximum absolute atomic E-state index is 13.4. The monoisotopic (exact) mass is 367 g/mol. The van der Waals surface area contributed by atoms with Crippen LogP contribution in [0.2, 0.25) is 5.02 Å². The van der Waals surface area contributed by atoms with E-state index in [2.05, 4.69) is 5.32 Å². The first kappa shape index (κ1) is 18.3. The molecule has 126 valence electrons. The molecule has 0 aliphatic heterocycles. The number of hydrogen-bond donors (Lipinski definition) is 1. The number of ether oxygens (including phenoxy) is 1. The van der Waals surface area contributed by atoms with Crippen LogP contribution in [0.15, 0.2) is 53.4 Å². The van der Waals surface area contributed by atoms with E-state index in [4.69, 9.17) is 16.3 Å². The van der Waals surface area contributed by atoms with Gasteiger partial charge in [0.25, 0.3) is 5.91 Å². The Labute approximate surface area is 148 Å². The molecule has 0 saturated heterocycles. The van der Waals surface area contributed by atoms with Gasteiger partial charge in [-0.3, -0.25) is 9.59 Å². The molecule has 0 aliphatic carbocycles. The van der Waals surface area contributed by atoms with Crippen LogP contribution in [0.5, 0.6) is 0 Å². The zero-order valence-corrected chi connectivity index (χ0v) is 14.2. The normalized spacial score (nSPS) is 10.2. The van der Waals surface area contributed by atoms with Crippen LogP contribution in [-0.4, -0.2) is 30.8 Å². The lowest BCUT2D eigenvalue weighted by atomic mass is 10.2. The molecule has 7 heteroatoms. The van der Waals surface area contributed by atoms with E-state index in [0.717, 1.165) is 0 Å². The van der Waals surface area contributed by atoms with E-state index in [9.17, 15) is 14.0 Å². The van der Waals surface area contributed by atoms with Gasteiger partial charge in [-0.05, 0) is 36.4 Å². The fourth-order valence-corrected chi connectivity index (χ4v) is 2.67. The van der Waals surface area contributed by atoms with Crippen molar-refractivity contribution in [3.63, 3.8) is 0 Å². The molecule has 0 aliphatic rings. The SMILES string of the molecule is O=C(CNC(=O)c1ccc(Cl)cc1)OCCSc1ccccc1F. The smallest absolute Gasteiger partial charge is 0.325 e. The summed E-state index contributed by atoms with van der Waals surface area (Å²) in [5.41, 5.74) is 0.405. The average molecular weight is 368 g/mol. The minimum atomic E-state index is -0.550. The standard InChI is InChI=1S/C17H15ClFNO3S/c18-13-7-5-12(6-8-13)17(22)20-11-16(21)23-9-10-24-15-4-2-1-3-14(15)19/h1-8H,9-11H2,(H,20,22). The molecule has 4 nitrogen and oxygen atoms in total. The molecule has 0 unspecified atom stereocenters. The number of carbonyl (C=O) groups is 2. The topological polar surface area (TPSA) is 55.4 Å². The van der Waals surface area contributed by atoms with Crippen LogP contribution < -0.4 is 5.32 Å². The number of benzene rings is 2. The maximum atomic E-state index is 13.4. The van der Waals surface area contributed by atoms with Crippen LogP contribution in [0.3, 0.4) is 0 Å². The van der Waals surface area contributed by atoms with E-state index in [-0.39, 0.29) is 24.9 Å². The third-order valence-corrected chi connectivity index (χ3v) is 4.21. The summed E-state index contributed by atoms with van der Waals surface area (Å²) in [6.07, 6.45) is 0. The highest BCUT2D eigenvalue weighted by molar-refractivity contribution is 7.99. The molecule has 0 heterocycles. The van der Waals surface area contributed by atoms with Crippen LogP contribution in [0.25, 0.3) is 0 Å². The first-order valence-corrected chi connectivity index (χ1v) is 8.49. The lowest BCUT2D eigenvalue weighted by Crippen LogP contribution is -2.30. The molecule has 2 aromatic rings. The van der Waals surface area contributed by atoms with Crippen molar-refractivity contribution in [3.8, 4) is 0 Å². The minimum Gasteiger partial charge on any atom is -0.463 e. The highest BCUT2D eigenvalue weighted by Gasteiger charge is 2.09. The second-order valence-corrected chi connectivity index (χ2v) is 6.26. The number of carbonyl (C=O) groups excluding carboxylic acids is 2. The second-order valence-electron chi connectivity index (χ2n) is 4.69. The van der Waals surface area contributed by atoms with Crippen molar-refractivity contribution in [1.82, 2.24) is 5.32 Å². The molecule has 24 heavy (non-hydrogen) atoms. The van der Waals surface area contributed by atoms with Crippen LogP contribution >= 0.6 is 23.4 Å². The summed E-state index contributed by atoms with van der Waals surface area (Å²) in [7, 11) is 0. The molecule has 0 aromatic heterocycles. The number of thioether (sulfide) groups is 1. The van der Waals surface area contributed by atoms with Crippen molar-refractivity contribution >= 4 is 35.2 Å². The Balaban J connectivity index is 1.65. The Morgan fingerprint density at radius 1 is 1.12 bits per heavy atom. The van der Waals surface area contributed by atoms with Crippen molar-refractivity contribution in [1.29, 1.82) is 0 Å². The van der Waals surface area contributed by atoms with E-state index in [1.165, 1.54) is 17.8 Å². The molecule has 1 amide bonds. The third kappa shape index (κ3) is 5.86. The maximum Gasteiger partial charge on any atom is 0.325 e. The van der Waals surface area contributed by atoms with Crippen molar-refractivity contribution in [3.05, 3.63) is 64.9 Å². The molecule has 0 radical (unpaired) electrons. The summed E-state index contributed by atoms with van der Waals surface area (Å²) in [6, 6.07) is 12.7. The molecular weight excluding hydrogens is 353 g/mol. The number of rotatable bonds is 7. The molecule has 0 spiro atoms. The summed E-state index contributed by atoms with van der Waals surface area (Å²) < 4.78 is 18.4. The molecule has 1 N–H and O–H groups in total. The Bertz CT molecular complexity index is 709. The Hall–Kier alpha value is -2.05. The fourth-order valence-electron chi connectivity index (χ4n) is 1.78. The molecular formula is C17H15ClFNO3S. The first-order chi connectivity index (χ1) is 11.6. The van der Waals surface area contributed by atoms with Crippen molar-refractivity contribution < 1.29 is 18.7 Å². The predicted octanol–water partition coefficient (Wildman–Crippen LogP) is 3.54. The van der Waals surface area contributed by atoms with Gasteiger partial charge in [-0.1, -0.05) is 23.7 Å². The van der Waals surface area contributed by atoms with Crippen molar-refractivity contribution in [2.45, 2.75) is 4.90 Å². The lowest BCUT2D eigenvalue weighted by molar-refractivity contribution is -0.141. The minimum absolute atomic E-state index is 0.134. The van der Waals surface area contributed by atoms with E-state index in [1.54, 1.807) is 42.5 Å². The Morgan fingerprint density at radius 3 is 2.54 bits per heavy atom. The summed E-state index contributed by atoms with van der Waals surface area (Å²) in [6.45, 7) is -0.0968. The van der Waals surface area contributed by atoms with Crippen molar-refractivity contribution in [2.24, 2.45) is 0 Å².